The van der Waals surface area contributed by atoms with E-state index in [9.17, 15) is 13.2 Å². The Bertz CT molecular complexity index is 1240. The maximum atomic E-state index is 13.0. The van der Waals surface area contributed by atoms with Gasteiger partial charge >= 0.3 is 0 Å². The van der Waals surface area contributed by atoms with Crippen LogP contribution >= 0.6 is 0 Å². The van der Waals surface area contributed by atoms with Crippen molar-refractivity contribution >= 4 is 15.9 Å². The maximum absolute atomic E-state index is 13.0. The zero-order valence-corrected chi connectivity index (χ0v) is 19.6. The summed E-state index contributed by atoms with van der Waals surface area (Å²) in [5, 5.41) is 4.69. The van der Waals surface area contributed by atoms with Crippen LogP contribution in [-0.2, 0) is 16.6 Å². The van der Waals surface area contributed by atoms with E-state index in [2.05, 4.69) is 16.4 Å². The average molecular weight is 453 g/mol. The third kappa shape index (κ3) is 4.81. The summed E-state index contributed by atoms with van der Waals surface area (Å²) < 4.78 is 28.7. The minimum Gasteiger partial charge on any atom is -0.337 e. The molecule has 0 atom stereocenters. The Morgan fingerprint density at radius 3 is 2.41 bits per heavy atom. The predicted octanol–water partition coefficient (Wildman–Crippen LogP) is 3.53. The van der Waals surface area contributed by atoms with Crippen molar-refractivity contribution in [2.24, 2.45) is 0 Å². The number of carbonyl (C=O) groups excluding carboxylic acids is 1. The lowest BCUT2D eigenvalue weighted by atomic mass is 10.1. The van der Waals surface area contributed by atoms with Gasteiger partial charge in [0.1, 0.15) is 0 Å². The zero-order chi connectivity index (χ0) is 23.5. The molecule has 168 valence electrons. The molecule has 7 nitrogen and oxygen atoms in total. The minimum atomic E-state index is -3.63. The molecule has 3 aromatic rings. The Hall–Kier alpha value is -3.23. The second-order valence-electron chi connectivity index (χ2n) is 7.67. The van der Waals surface area contributed by atoms with Gasteiger partial charge in [-0.2, -0.15) is 5.10 Å². The number of hydrogen-bond donors (Lipinski definition) is 1. The highest BCUT2D eigenvalue weighted by Gasteiger charge is 2.20. The van der Waals surface area contributed by atoms with E-state index in [4.69, 9.17) is 0 Å². The fourth-order valence-electron chi connectivity index (χ4n) is 3.50. The zero-order valence-electron chi connectivity index (χ0n) is 18.8. The second kappa shape index (κ2) is 9.50. The van der Waals surface area contributed by atoms with Crippen LogP contribution in [0.25, 0.3) is 5.69 Å². The molecule has 0 spiro atoms. The molecule has 0 fully saturated rings. The van der Waals surface area contributed by atoms with Crippen LogP contribution in [0.15, 0.2) is 66.1 Å². The van der Waals surface area contributed by atoms with E-state index in [-0.39, 0.29) is 17.3 Å². The van der Waals surface area contributed by atoms with Gasteiger partial charge in [-0.1, -0.05) is 24.3 Å². The van der Waals surface area contributed by atoms with E-state index in [0.717, 1.165) is 28.2 Å². The van der Waals surface area contributed by atoms with E-state index in [1.807, 2.05) is 49.7 Å². The predicted molar refractivity (Wildman–Crippen MR) is 125 cm³/mol. The van der Waals surface area contributed by atoms with E-state index in [0.29, 0.717) is 12.1 Å². The number of aromatic nitrogens is 2. The van der Waals surface area contributed by atoms with Crippen molar-refractivity contribution in [2.75, 3.05) is 13.6 Å². The molecule has 1 N–H and O–H groups in total. The fraction of sp³-hybridized carbons (Fsp3) is 0.250. The van der Waals surface area contributed by atoms with Crippen molar-refractivity contribution in [1.82, 2.24) is 19.4 Å². The molecule has 2 aromatic carbocycles. The average Bonchev–Trinajstić information content (AvgIpc) is 3.05. The molecule has 0 radical (unpaired) electrons. The first-order chi connectivity index (χ1) is 15.2. The topological polar surface area (TPSA) is 84.3 Å². The van der Waals surface area contributed by atoms with Gasteiger partial charge in [0.05, 0.1) is 16.3 Å². The highest BCUT2D eigenvalue weighted by Crippen LogP contribution is 2.22. The molecule has 32 heavy (non-hydrogen) atoms. The summed E-state index contributed by atoms with van der Waals surface area (Å²) >= 11 is 0. The van der Waals surface area contributed by atoms with Gasteiger partial charge < -0.3 is 4.90 Å². The molecule has 1 amide bonds. The van der Waals surface area contributed by atoms with Crippen LogP contribution in [0.1, 0.15) is 32.9 Å². The standard InChI is InChI=1S/C24H28N4O3S/c1-6-15-25-32(30,31)21-13-11-20(12-14-21)24(29)27(5)16-22-18(3)26-28(19(22)4)23-10-8-7-9-17(23)2/h6-14,25H,1,15-16H2,2-5H3. The van der Waals surface area contributed by atoms with Crippen molar-refractivity contribution in [1.29, 1.82) is 0 Å². The van der Waals surface area contributed by atoms with Crippen molar-refractivity contribution in [3.8, 4) is 5.69 Å². The van der Waals surface area contributed by atoms with Crippen LogP contribution < -0.4 is 4.72 Å². The molecule has 0 unspecified atom stereocenters. The molecule has 1 heterocycles. The number of sulfonamides is 1. The first-order valence-electron chi connectivity index (χ1n) is 10.2. The molecular formula is C24H28N4O3S. The Morgan fingerprint density at radius 2 is 1.78 bits per heavy atom. The van der Waals surface area contributed by atoms with Gasteiger partial charge in [0.15, 0.2) is 0 Å². The smallest absolute Gasteiger partial charge is 0.253 e. The number of nitrogens with zero attached hydrogens (tertiary/aromatic N) is 3. The van der Waals surface area contributed by atoms with Gasteiger partial charge in [-0.05, 0) is 56.7 Å². The quantitative estimate of drug-likeness (QED) is 0.530. The number of amides is 1. The summed E-state index contributed by atoms with van der Waals surface area (Å²) in [6.07, 6.45) is 1.47. The first-order valence-corrected chi connectivity index (χ1v) is 11.7. The number of carbonyl (C=O) groups is 1. The molecule has 1 aromatic heterocycles. The van der Waals surface area contributed by atoms with E-state index in [1.54, 1.807) is 11.9 Å². The van der Waals surface area contributed by atoms with Crippen LogP contribution in [0.3, 0.4) is 0 Å². The van der Waals surface area contributed by atoms with E-state index in [1.165, 1.54) is 30.3 Å². The van der Waals surface area contributed by atoms with Gasteiger partial charge in [0.25, 0.3) is 5.91 Å². The third-order valence-electron chi connectivity index (χ3n) is 5.36. The number of rotatable bonds is 8. The molecule has 0 saturated heterocycles. The van der Waals surface area contributed by atoms with E-state index < -0.39 is 10.0 Å². The number of nitrogens with one attached hydrogen (secondary N) is 1. The van der Waals surface area contributed by atoms with Gasteiger partial charge in [-0.25, -0.2) is 17.8 Å². The maximum Gasteiger partial charge on any atom is 0.253 e. The van der Waals surface area contributed by atoms with Gasteiger partial charge in [-0.3, -0.25) is 4.79 Å². The molecule has 0 aliphatic heterocycles. The summed E-state index contributed by atoms with van der Waals surface area (Å²) in [6.45, 7) is 10.0. The molecule has 0 bridgehead atoms. The Balaban J connectivity index is 1.79. The highest BCUT2D eigenvalue weighted by atomic mass is 32.2. The summed E-state index contributed by atoms with van der Waals surface area (Å²) in [7, 11) is -1.90. The van der Waals surface area contributed by atoms with Crippen molar-refractivity contribution < 1.29 is 13.2 Å². The fourth-order valence-corrected chi connectivity index (χ4v) is 4.50. The SMILES string of the molecule is C=CCNS(=O)(=O)c1ccc(C(=O)N(C)Cc2c(C)nn(-c3ccccc3C)c2C)cc1. The molecular weight excluding hydrogens is 424 g/mol. The van der Waals surface area contributed by atoms with Gasteiger partial charge in [0.2, 0.25) is 10.0 Å². The minimum absolute atomic E-state index is 0.102. The third-order valence-corrected chi connectivity index (χ3v) is 6.80. The Morgan fingerprint density at radius 1 is 1.12 bits per heavy atom. The number of hydrogen-bond acceptors (Lipinski definition) is 4. The summed E-state index contributed by atoms with van der Waals surface area (Å²) in [5.41, 5.74) is 5.36. The van der Waals surface area contributed by atoms with Crippen molar-refractivity contribution in [2.45, 2.75) is 32.2 Å². The number of para-hydroxylation sites is 1. The highest BCUT2D eigenvalue weighted by molar-refractivity contribution is 7.89. The van der Waals surface area contributed by atoms with Crippen molar-refractivity contribution in [3.63, 3.8) is 0 Å². The van der Waals surface area contributed by atoms with Crippen LogP contribution in [0, 0.1) is 20.8 Å². The molecule has 0 aliphatic rings. The lowest BCUT2D eigenvalue weighted by Gasteiger charge is -2.18. The lowest BCUT2D eigenvalue weighted by molar-refractivity contribution is 0.0784. The summed E-state index contributed by atoms with van der Waals surface area (Å²) in [6, 6.07) is 13.9. The molecule has 0 saturated carbocycles. The Labute approximate surface area is 189 Å². The van der Waals surface area contributed by atoms with Crippen LogP contribution in [0.5, 0.6) is 0 Å². The second-order valence-corrected chi connectivity index (χ2v) is 9.44. The lowest BCUT2D eigenvalue weighted by Crippen LogP contribution is -2.27. The Kier molecular flexibility index (Phi) is 6.96. The van der Waals surface area contributed by atoms with Crippen molar-refractivity contribution in [3.05, 3.63) is 89.3 Å². The summed E-state index contributed by atoms with van der Waals surface area (Å²) in [4.78, 5) is 14.7. The van der Waals surface area contributed by atoms with Gasteiger partial charge in [-0.15, -0.1) is 6.58 Å². The first kappa shape index (κ1) is 23.4. The van der Waals surface area contributed by atoms with Crippen LogP contribution in [-0.4, -0.2) is 42.6 Å². The van der Waals surface area contributed by atoms with Crippen LogP contribution in [0.2, 0.25) is 0 Å². The monoisotopic (exact) mass is 452 g/mol. The normalized spacial score (nSPS) is 11.4. The summed E-state index contributed by atoms with van der Waals surface area (Å²) in [5.74, 6) is -0.199. The number of aryl methyl sites for hydroxylation is 2. The number of benzene rings is 2. The van der Waals surface area contributed by atoms with Gasteiger partial charge in [0, 0.05) is 37.0 Å². The largest absolute Gasteiger partial charge is 0.337 e. The van der Waals surface area contributed by atoms with E-state index >= 15 is 0 Å². The molecule has 0 aliphatic carbocycles. The molecule has 3 rings (SSSR count). The van der Waals surface area contributed by atoms with Crippen LogP contribution in [0.4, 0.5) is 0 Å². The molecule has 8 heteroatoms.